The first-order valence-corrected chi connectivity index (χ1v) is 3.98. The van der Waals surface area contributed by atoms with Crippen LogP contribution in [0.25, 0.3) is 0 Å². The molecule has 2 atom stereocenters. The largest absolute Gasteiger partial charge is 0.387 e. The molecular formula is C8H17F2NO2. The van der Waals surface area contributed by atoms with Crippen LogP contribution in [0.15, 0.2) is 0 Å². The second-order valence-corrected chi connectivity index (χ2v) is 3.38. The Bertz CT molecular complexity index is 174. The Hall–Kier alpha value is -0.260. The number of nitrogens with zero attached hydrogens (tertiary/aromatic N) is 1. The molecule has 0 saturated heterocycles. The third-order valence-corrected chi connectivity index (χ3v) is 2.39. The molecule has 0 bridgehead atoms. The van der Waals surface area contributed by atoms with Crippen molar-refractivity contribution in [2.75, 3.05) is 21.2 Å². The molecule has 13 heavy (non-hydrogen) atoms. The summed E-state index contributed by atoms with van der Waals surface area (Å²) >= 11 is 0. The molecule has 0 aromatic rings. The van der Waals surface area contributed by atoms with Gasteiger partial charge in [0.25, 0.3) is 0 Å². The molecule has 3 nitrogen and oxygen atoms in total. The van der Waals surface area contributed by atoms with Gasteiger partial charge in [-0.15, -0.1) is 0 Å². The standard InChI is InChI=1S/C8H17F2NO2/c1-6(12)8(9,10)7(2,13-5)11(3)4/h6,12H,1-5H3. The Morgan fingerprint density at radius 3 is 1.85 bits per heavy atom. The fourth-order valence-electron chi connectivity index (χ4n) is 1.00. The quantitative estimate of drug-likeness (QED) is 0.680. The summed E-state index contributed by atoms with van der Waals surface area (Å²) in [6.07, 6.45) is -1.75. The van der Waals surface area contributed by atoms with E-state index in [0.717, 1.165) is 6.92 Å². The lowest BCUT2D eigenvalue weighted by Gasteiger charge is -2.42. The molecule has 0 rings (SSSR count). The highest BCUT2D eigenvalue weighted by molar-refractivity contribution is 4.92. The molecule has 2 unspecified atom stereocenters. The van der Waals surface area contributed by atoms with Gasteiger partial charge in [0.15, 0.2) is 5.72 Å². The molecule has 80 valence electrons. The lowest BCUT2D eigenvalue weighted by Crippen LogP contribution is -2.61. The molecule has 5 heteroatoms. The predicted molar refractivity (Wildman–Crippen MR) is 45.7 cm³/mol. The van der Waals surface area contributed by atoms with E-state index in [1.54, 1.807) is 0 Å². The Labute approximate surface area is 77.3 Å². The monoisotopic (exact) mass is 197 g/mol. The highest BCUT2D eigenvalue weighted by Gasteiger charge is 2.55. The minimum atomic E-state index is -3.31. The fourth-order valence-corrected chi connectivity index (χ4v) is 1.00. The number of hydrogen-bond acceptors (Lipinski definition) is 3. The molecule has 0 aliphatic rings. The van der Waals surface area contributed by atoms with Gasteiger partial charge in [0.1, 0.15) is 6.10 Å². The van der Waals surface area contributed by atoms with Crippen molar-refractivity contribution >= 4 is 0 Å². The van der Waals surface area contributed by atoms with Crippen molar-refractivity contribution in [3.8, 4) is 0 Å². The Kier molecular flexibility index (Phi) is 3.78. The maximum absolute atomic E-state index is 13.4. The molecule has 0 radical (unpaired) electrons. The summed E-state index contributed by atoms with van der Waals surface area (Å²) in [5.74, 6) is -3.31. The molecule has 0 heterocycles. The van der Waals surface area contributed by atoms with Crippen molar-refractivity contribution in [2.45, 2.75) is 31.6 Å². The summed E-state index contributed by atoms with van der Waals surface area (Å²) in [4.78, 5) is 1.24. The van der Waals surface area contributed by atoms with Gasteiger partial charge in [0.2, 0.25) is 0 Å². The van der Waals surface area contributed by atoms with E-state index in [1.807, 2.05) is 0 Å². The van der Waals surface area contributed by atoms with Crippen molar-refractivity contribution in [1.29, 1.82) is 0 Å². The zero-order valence-electron chi connectivity index (χ0n) is 8.64. The SMILES string of the molecule is COC(C)(N(C)C)C(F)(F)C(C)O. The van der Waals surface area contributed by atoms with Crippen molar-refractivity contribution in [2.24, 2.45) is 0 Å². The van der Waals surface area contributed by atoms with Crippen molar-refractivity contribution in [1.82, 2.24) is 4.90 Å². The summed E-state index contributed by atoms with van der Waals surface area (Å²) < 4.78 is 31.6. The molecular weight excluding hydrogens is 180 g/mol. The van der Waals surface area contributed by atoms with Crippen LogP contribution in [-0.4, -0.2) is 49.0 Å². The van der Waals surface area contributed by atoms with Gasteiger partial charge < -0.3 is 9.84 Å². The summed E-state index contributed by atoms with van der Waals surface area (Å²) in [5, 5.41) is 8.94. The van der Waals surface area contributed by atoms with Gasteiger partial charge >= 0.3 is 5.92 Å². The van der Waals surface area contributed by atoms with Crippen LogP contribution in [0.5, 0.6) is 0 Å². The van der Waals surface area contributed by atoms with Gasteiger partial charge in [-0.1, -0.05) is 0 Å². The van der Waals surface area contributed by atoms with E-state index >= 15 is 0 Å². The average molecular weight is 197 g/mol. The maximum Gasteiger partial charge on any atom is 0.314 e. The van der Waals surface area contributed by atoms with Crippen molar-refractivity contribution in [3.05, 3.63) is 0 Å². The Balaban J connectivity index is 4.95. The normalized spacial score (nSPS) is 20.1. The van der Waals surface area contributed by atoms with Gasteiger partial charge in [-0.05, 0) is 27.9 Å². The number of methoxy groups -OCH3 is 1. The van der Waals surface area contributed by atoms with Crippen LogP contribution in [-0.2, 0) is 4.74 Å². The highest BCUT2D eigenvalue weighted by Crippen LogP contribution is 2.35. The van der Waals surface area contributed by atoms with Gasteiger partial charge in [0.05, 0.1) is 0 Å². The van der Waals surface area contributed by atoms with E-state index in [1.165, 1.54) is 33.0 Å². The van der Waals surface area contributed by atoms with E-state index in [9.17, 15) is 8.78 Å². The number of halogens is 2. The molecule has 0 aromatic heterocycles. The maximum atomic E-state index is 13.4. The van der Waals surface area contributed by atoms with E-state index in [2.05, 4.69) is 0 Å². The van der Waals surface area contributed by atoms with E-state index in [-0.39, 0.29) is 0 Å². The number of ether oxygens (including phenoxy) is 1. The fraction of sp³-hybridized carbons (Fsp3) is 1.00. The number of alkyl halides is 2. The number of aliphatic hydroxyl groups excluding tert-OH is 1. The predicted octanol–water partition coefficient (Wildman–Crippen LogP) is 0.927. The number of aliphatic hydroxyl groups is 1. The van der Waals surface area contributed by atoms with Crippen LogP contribution in [0.2, 0.25) is 0 Å². The van der Waals surface area contributed by atoms with Gasteiger partial charge in [-0.2, -0.15) is 8.78 Å². The first-order chi connectivity index (χ1) is 5.70. The van der Waals surface area contributed by atoms with Crippen LogP contribution in [0.3, 0.4) is 0 Å². The highest BCUT2D eigenvalue weighted by atomic mass is 19.3. The third-order valence-electron chi connectivity index (χ3n) is 2.39. The lowest BCUT2D eigenvalue weighted by atomic mass is 10.0. The van der Waals surface area contributed by atoms with Crippen LogP contribution in [0.4, 0.5) is 8.78 Å². The number of hydrogen-bond donors (Lipinski definition) is 1. The molecule has 0 saturated carbocycles. The Morgan fingerprint density at radius 2 is 1.77 bits per heavy atom. The van der Waals surface area contributed by atoms with Crippen LogP contribution < -0.4 is 0 Å². The minimum Gasteiger partial charge on any atom is -0.387 e. The second-order valence-electron chi connectivity index (χ2n) is 3.38. The zero-order valence-corrected chi connectivity index (χ0v) is 8.64. The van der Waals surface area contributed by atoms with E-state index < -0.39 is 17.8 Å². The summed E-state index contributed by atoms with van der Waals surface area (Å²) in [7, 11) is 4.13. The second kappa shape index (κ2) is 3.86. The summed E-state index contributed by atoms with van der Waals surface area (Å²) in [5.41, 5.74) is -1.79. The van der Waals surface area contributed by atoms with Crippen LogP contribution >= 0.6 is 0 Å². The zero-order chi connectivity index (χ0) is 10.9. The van der Waals surface area contributed by atoms with Gasteiger partial charge in [-0.3, -0.25) is 4.90 Å². The van der Waals surface area contributed by atoms with Crippen molar-refractivity contribution in [3.63, 3.8) is 0 Å². The molecule has 1 N–H and O–H groups in total. The lowest BCUT2D eigenvalue weighted by molar-refractivity contribution is -0.279. The van der Waals surface area contributed by atoms with Crippen molar-refractivity contribution < 1.29 is 18.6 Å². The molecule has 0 aliphatic heterocycles. The summed E-state index contributed by atoms with van der Waals surface area (Å²) in [6.45, 7) is 2.28. The Morgan fingerprint density at radius 1 is 1.38 bits per heavy atom. The van der Waals surface area contributed by atoms with Crippen LogP contribution in [0, 0.1) is 0 Å². The molecule has 0 aromatic carbocycles. The van der Waals surface area contributed by atoms with Gasteiger partial charge in [0, 0.05) is 7.11 Å². The summed E-state index contributed by atoms with van der Waals surface area (Å²) in [6, 6.07) is 0. The number of rotatable bonds is 4. The van der Waals surface area contributed by atoms with E-state index in [4.69, 9.17) is 9.84 Å². The first kappa shape index (κ1) is 12.7. The van der Waals surface area contributed by atoms with E-state index in [0.29, 0.717) is 0 Å². The minimum absolute atomic E-state index is 1.04. The first-order valence-electron chi connectivity index (χ1n) is 3.98. The third kappa shape index (κ3) is 1.98. The molecule has 0 spiro atoms. The van der Waals surface area contributed by atoms with Gasteiger partial charge in [-0.25, -0.2) is 0 Å². The molecule has 0 amide bonds. The van der Waals surface area contributed by atoms with Crippen LogP contribution in [0.1, 0.15) is 13.8 Å². The molecule has 0 aliphatic carbocycles. The average Bonchev–Trinajstić information content (AvgIpc) is 2.01. The topological polar surface area (TPSA) is 32.7 Å². The smallest absolute Gasteiger partial charge is 0.314 e. The molecule has 0 fully saturated rings.